The largest absolute Gasteiger partial charge is 0.369 e. The number of hydrogen-bond donors (Lipinski definition) is 2. The van der Waals surface area contributed by atoms with E-state index in [0.717, 1.165) is 24.1 Å². The first-order chi connectivity index (χ1) is 12.3. The first-order valence-corrected chi connectivity index (χ1v) is 9.11. The van der Waals surface area contributed by atoms with Crippen molar-refractivity contribution in [2.45, 2.75) is 45.7 Å². The molecule has 0 spiro atoms. The molecule has 1 aromatic heterocycles. The molecule has 2 amide bonds. The molecule has 3 rings (SSSR count). The van der Waals surface area contributed by atoms with Gasteiger partial charge in [-0.1, -0.05) is 23.7 Å². The smallest absolute Gasteiger partial charge is 0.255 e. The molecule has 138 valence electrons. The molecule has 0 saturated heterocycles. The van der Waals surface area contributed by atoms with Gasteiger partial charge in [-0.3, -0.25) is 14.3 Å². The summed E-state index contributed by atoms with van der Waals surface area (Å²) in [7, 11) is 0. The van der Waals surface area contributed by atoms with E-state index in [1.807, 2.05) is 42.8 Å². The minimum absolute atomic E-state index is 0.0154. The van der Waals surface area contributed by atoms with Crippen LogP contribution in [0.1, 0.15) is 46.6 Å². The van der Waals surface area contributed by atoms with E-state index >= 15 is 0 Å². The Kier molecular flexibility index (Phi) is 5.32. The van der Waals surface area contributed by atoms with E-state index in [-0.39, 0.29) is 23.8 Å². The predicted molar refractivity (Wildman–Crippen MR) is 100 cm³/mol. The van der Waals surface area contributed by atoms with Gasteiger partial charge in [0.15, 0.2) is 0 Å². The molecule has 1 saturated carbocycles. The maximum atomic E-state index is 12.7. The zero-order valence-electron chi connectivity index (χ0n) is 15.0. The summed E-state index contributed by atoms with van der Waals surface area (Å²) < 4.78 is 1.83. The molecule has 1 aliphatic carbocycles. The van der Waals surface area contributed by atoms with Crippen molar-refractivity contribution in [3.63, 3.8) is 0 Å². The second kappa shape index (κ2) is 7.50. The number of carbonyl (C=O) groups excluding carboxylic acids is 2. The highest BCUT2D eigenvalue weighted by atomic mass is 35.5. The van der Waals surface area contributed by atoms with E-state index in [2.05, 4.69) is 10.4 Å². The maximum absolute atomic E-state index is 12.7. The lowest BCUT2D eigenvalue weighted by molar-refractivity contribution is -0.121. The third-order valence-electron chi connectivity index (χ3n) is 5.02. The molecule has 1 aromatic carbocycles. The number of rotatable bonds is 5. The average molecular weight is 375 g/mol. The Bertz CT molecular complexity index is 829. The molecule has 0 radical (unpaired) electrons. The van der Waals surface area contributed by atoms with Gasteiger partial charge in [0.25, 0.3) is 5.91 Å². The van der Waals surface area contributed by atoms with E-state index in [0.29, 0.717) is 29.2 Å². The number of nitrogens with one attached hydrogen (secondary N) is 1. The zero-order chi connectivity index (χ0) is 18.8. The Hall–Kier alpha value is -2.34. The van der Waals surface area contributed by atoms with E-state index < -0.39 is 0 Å². The van der Waals surface area contributed by atoms with Crippen LogP contribution in [0, 0.1) is 19.8 Å². The van der Waals surface area contributed by atoms with Crippen LogP contribution in [0.5, 0.6) is 0 Å². The second-order valence-corrected chi connectivity index (χ2v) is 7.35. The highest BCUT2D eigenvalue weighted by molar-refractivity contribution is 6.30. The molecular weight excluding hydrogens is 352 g/mol. The number of nitrogens with zero attached hydrogens (tertiary/aromatic N) is 2. The summed E-state index contributed by atoms with van der Waals surface area (Å²) in [5.41, 5.74) is 8.54. The van der Waals surface area contributed by atoms with Gasteiger partial charge >= 0.3 is 0 Å². The van der Waals surface area contributed by atoms with Gasteiger partial charge in [-0.2, -0.15) is 5.10 Å². The molecule has 2 atom stereocenters. The summed E-state index contributed by atoms with van der Waals surface area (Å²) in [6.07, 6.45) is 2.11. The summed E-state index contributed by atoms with van der Waals surface area (Å²) in [6, 6.07) is 7.55. The normalized spacial score (nSPS) is 19.5. The van der Waals surface area contributed by atoms with Crippen LogP contribution in [-0.4, -0.2) is 27.6 Å². The quantitative estimate of drug-likeness (QED) is 0.842. The first-order valence-electron chi connectivity index (χ1n) is 8.73. The Balaban J connectivity index is 1.72. The number of halogens is 1. The summed E-state index contributed by atoms with van der Waals surface area (Å²) in [4.78, 5) is 24.0. The first kappa shape index (κ1) is 18.5. The Labute approximate surface area is 157 Å². The molecule has 26 heavy (non-hydrogen) atoms. The molecule has 1 aliphatic rings. The van der Waals surface area contributed by atoms with Gasteiger partial charge in [0, 0.05) is 22.7 Å². The van der Waals surface area contributed by atoms with Crippen LogP contribution in [-0.2, 0) is 11.3 Å². The van der Waals surface area contributed by atoms with Gasteiger partial charge in [0.2, 0.25) is 5.91 Å². The molecule has 0 unspecified atom stereocenters. The van der Waals surface area contributed by atoms with Crippen LogP contribution in [0.15, 0.2) is 24.3 Å². The summed E-state index contributed by atoms with van der Waals surface area (Å²) in [5.74, 6) is -0.572. The number of carbonyl (C=O) groups is 2. The van der Waals surface area contributed by atoms with Crippen LogP contribution in [0.3, 0.4) is 0 Å². The van der Waals surface area contributed by atoms with Gasteiger partial charge in [-0.15, -0.1) is 0 Å². The highest BCUT2D eigenvalue weighted by Gasteiger charge is 2.30. The topological polar surface area (TPSA) is 90.0 Å². The minimum atomic E-state index is -0.287. The number of nitrogens with two attached hydrogens (primary N) is 1. The van der Waals surface area contributed by atoms with Gasteiger partial charge in [0.1, 0.15) is 0 Å². The number of benzene rings is 1. The lowest BCUT2D eigenvalue weighted by Crippen LogP contribution is -2.34. The summed E-state index contributed by atoms with van der Waals surface area (Å²) >= 11 is 5.92. The van der Waals surface area contributed by atoms with Crippen molar-refractivity contribution in [3.05, 3.63) is 51.8 Å². The highest BCUT2D eigenvalue weighted by Crippen LogP contribution is 2.26. The Morgan fingerprint density at radius 3 is 2.58 bits per heavy atom. The third-order valence-corrected chi connectivity index (χ3v) is 5.28. The van der Waals surface area contributed by atoms with Gasteiger partial charge in [-0.05, 0) is 50.8 Å². The van der Waals surface area contributed by atoms with E-state index in [1.165, 1.54) is 0 Å². The van der Waals surface area contributed by atoms with Crippen molar-refractivity contribution in [3.8, 4) is 0 Å². The number of hydrogen-bond acceptors (Lipinski definition) is 3. The second-order valence-electron chi connectivity index (χ2n) is 6.91. The SMILES string of the molecule is Cc1nn(Cc2ccc(Cl)cc2)c(C)c1C(=O)N[C@@H]1CC[C@H](C(N)=O)C1. The number of aryl methyl sites for hydroxylation is 1. The molecular formula is C19H23ClN4O2. The molecule has 6 nitrogen and oxygen atoms in total. The molecule has 7 heteroatoms. The van der Waals surface area contributed by atoms with Gasteiger partial charge in [0.05, 0.1) is 17.8 Å². The zero-order valence-corrected chi connectivity index (χ0v) is 15.7. The minimum Gasteiger partial charge on any atom is -0.369 e. The summed E-state index contributed by atoms with van der Waals surface area (Å²) in [6.45, 7) is 4.30. The lowest BCUT2D eigenvalue weighted by Gasteiger charge is -2.13. The van der Waals surface area contributed by atoms with Gasteiger partial charge < -0.3 is 11.1 Å². The van der Waals surface area contributed by atoms with Crippen LogP contribution in [0.2, 0.25) is 5.02 Å². The summed E-state index contributed by atoms with van der Waals surface area (Å²) in [5, 5.41) is 8.23. The van der Waals surface area contributed by atoms with Crippen LogP contribution >= 0.6 is 11.6 Å². The molecule has 0 bridgehead atoms. The van der Waals surface area contributed by atoms with Crippen molar-refractivity contribution in [1.82, 2.24) is 15.1 Å². The van der Waals surface area contributed by atoms with Crippen LogP contribution < -0.4 is 11.1 Å². The number of aromatic nitrogens is 2. The van der Waals surface area contributed by atoms with E-state index in [4.69, 9.17) is 17.3 Å². The van der Waals surface area contributed by atoms with Crippen molar-refractivity contribution in [2.75, 3.05) is 0 Å². The molecule has 2 aromatic rings. The average Bonchev–Trinajstić information content (AvgIpc) is 3.15. The van der Waals surface area contributed by atoms with Crippen LogP contribution in [0.4, 0.5) is 0 Å². The van der Waals surface area contributed by atoms with Crippen molar-refractivity contribution in [2.24, 2.45) is 11.7 Å². The number of primary amides is 1. The monoisotopic (exact) mass is 374 g/mol. The fourth-order valence-electron chi connectivity index (χ4n) is 3.57. The van der Waals surface area contributed by atoms with Crippen LogP contribution in [0.25, 0.3) is 0 Å². The maximum Gasteiger partial charge on any atom is 0.255 e. The molecule has 0 aliphatic heterocycles. The fraction of sp³-hybridized carbons (Fsp3) is 0.421. The molecule has 3 N–H and O–H groups in total. The molecule has 1 heterocycles. The van der Waals surface area contributed by atoms with Crippen molar-refractivity contribution >= 4 is 23.4 Å². The lowest BCUT2D eigenvalue weighted by atomic mass is 10.1. The Morgan fingerprint density at radius 2 is 1.96 bits per heavy atom. The standard InChI is InChI=1S/C19H23ClN4O2/c1-11-17(19(26)22-16-8-5-14(9-16)18(21)25)12(2)24(23-11)10-13-3-6-15(20)7-4-13/h3-4,6-7,14,16H,5,8-10H2,1-2H3,(H2,21,25)(H,22,26)/t14-,16+/m0/s1. The van der Waals surface area contributed by atoms with Gasteiger partial charge in [-0.25, -0.2) is 0 Å². The fourth-order valence-corrected chi connectivity index (χ4v) is 3.70. The van der Waals surface area contributed by atoms with E-state index in [1.54, 1.807) is 0 Å². The van der Waals surface area contributed by atoms with Crippen molar-refractivity contribution in [1.29, 1.82) is 0 Å². The van der Waals surface area contributed by atoms with Crippen molar-refractivity contribution < 1.29 is 9.59 Å². The number of amides is 2. The predicted octanol–water partition coefficient (Wildman–Crippen LogP) is 2.59. The molecule has 1 fully saturated rings. The van der Waals surface area contributed by atoms with E-state index in [9.17, 15) is 9.59 Å². The third kappa shape index (κ3) is 3.90. The Morgan fingerprint density at radius 1 is 1.27 bits per heavy atom.